The first-order valence-electron chi connectivity index (χ1n) is 3.21. The molecule has 0 N–H and O–H groups in total. The van der Waals surface area contributed by atoms with E-state index in [0.717, 1.165) is 6.42 Å². The van der Waals surface area contributed by atoms with Crippen LogP contribution in [0.2, 0.25) is 0 Å². The van der Waals surface area contributed by atoms with Crippen molar-refractivity contribution in [3.8, 4) is 0 Å². The Morgan fingerprint density at radius 1 is 1.30 bits per heavy atom. The summed E-state index contributed by atoms with van der Waals surface area (Å²) in [5, 5.41) is 0. The summed E-state index contributed by atoms with van der Waals surface area (Å²) in [6, 6.07) is 0. The number of allylic oxidation sites excluding steroid dienone is 1. The Morgan fingerprint density at radius 2 is 1.90 bits per heavy atom. The predicted molar refractivity (Wildman–Crippen MR) is 40.3 cm³/mol. The largest absolute Gasteiger partial charge is 0.712 e. The molecular formula is C6H13BO3. The molecule has 10 heavy (non-hydrogen) atoms. The zero-order chi connectivity index (χ0) is 7.82. The van der Waals surface area contributed by atoms with E-state index >= 15 is 0 Å². The molecule has 0 saturated heterocycles. The van der Waals surface area contributed by atoms with Gasteiger partial charge >= 0.3 is 7.32 Å². The lowest BCUT2D eigenvalue weighted by molar-refractivity contribution is 0.181. The van der Waals surface area contributed by atoms with Gasteiger partial charge in [-0.2, -0.15) is 0 Å². The van der Waals surface area contributed by atoms with Gasteiger partial charge in [-0.15, -0.1) is 0 Å². The second-order valence-electron chi connectivity index (χ2n) is 1.68. The highest BCUT2D eigenvalue weighted by Gasteiger charge is 2.16. The molecule has 58 valence electrons. The molecule has 3 nitrogen and oxygen atoms in total. The maximum Gasteiger partial charge on any atom is 0.712 e. The summed E-state index contributed by atoms with van der Waals surface area (Å²) in [6.07, 6.45) is 4.39. The van der Waals surface area contributed by atoms with Crippen LogP contribution in [-0.2, 0) is 14.0 Å². The first kappa shape index (κ1) is 9.52. The van der Waals surface area contributed by atoms with Crippen molar-refractivity contribution in [3.63, 3.8) is 0 Å². The van der Waals surface area contributed by atoms with Gasteiger partial charge in [0.2, 0.25) is 0 Å². The van der Waals surface area contributed by atoms with Crippen molar-refractivity contribution < 1.29 is 14.0 Å². The van der Waals surface area contributed by atoms with E-state index in [9.17, 15) is 0 Å². The smallest absolute Gasteiger partial charge is 0.518 e. The predicted octanol–water partition coefficient (Wildman–Crippen LogP) is 1.20. The third-order valence-corrected chi connectivity index (χ3v) is 0.907. The molecule has 0 aromatic carbocycles. The van der Waals surface area contributed by atoms with Crippen LogP contribution in [0.4, 0.5) is 0 Å². The Hall–Kier alpha value is -0.475. The van der Waals surface area contributed by atoms with Crippen molar-refractivity contribution in [2.75, 3.05) is 14.2 Å². The van der Waals surface area contributed by atoms with Crippen molar-refractivity contribution in [2.24, 2.45) is 0 Å². The van der Waals surface area contributed by atoms with Gasteiger partial charge in [0.15, 0.2) is 0 Å². The third kappa shape index (κ3) is 4.41. The molecule has 0 bridgehead atoms. The Bertz CT molecular complexity index is 91.0. The first-order chi connectivity index (χ1) is 4.85. The van der Waals surface area contributed by atoms with Crippen molar-refractivity contribution >= 4 is 7.32 Å². The maximum absolute atomic E-state index is 4.96. The zero-order valence-electron chi connectivity index (χ0n) is 6.66. The van der Waals surface area contributed by atoms with Crippen LogP contribution >= 0.6 is 0 Å². The molecule has 0 aromatic rings. The standard InChI is InChI=1S/C6H13BO3/c1-4-5-6-10-7(8-2)9-3/h5-6H,4H2,1-3H3/b6-5-. The van der Waals surface area contributed by atoms with E-state index in [-0.39, 0.29) is 0 Å². The third-order valence-electron chi connectivity index (χ3n) is 0.907. The van der Waals surface area contributed by atoms with Crippen molar-refractivity contribution in [3.05, 3.63) is 12.3 Å². The van der Waals surface area contributed by atoms with Crippen LogP contribution < -0.4 is 0 Å². The molecule has 0 rings (SSSR count). The highest BCUT2D eigenvalue weighted by Crippen LogP contribution is 1.89. The summed E-state index contributed by atoms with van der Waals surface area (Å²) in [4.78, 5) is 0. The summed E-state index contributed by atoms with van der Waals surface area (Å²) in [7, 11) is 2.46. The number of rotatable bonds is 5. The fourth-order valence-corrected chi connectivity index (χ4v) is 0.423. The van der Waals surface area contributed by atoms with Gasteiger partial charge in [0.05, 0.1) is 6.26 Å². The molecule has 0 atom stereocenters. The monoisotopic (exact) mass is 144 g/mol. The molecule has 0 radical (unpaired) electrons. The van der Waals surface area contributed by atoms with Crippen LogP contribution in [0.1, 0.15) is 13.3 Å². The summed E-state index contributed by atoms with van der Waals surface area (Å²) < 4.78 is 14.5. The fourth-order valence-electron chi connectivity index (χ4n) is 0.423. The SMILES string of the molecule is CC/C=C\OB(OC)OC. The van der Waals surface area contributed by atoms with E-state index in [0.29, 0.717) is 0 Å². The summed E-state index contributed by atoms with van der Waals surface area (Å²) in [6.45, 7) is 2.02. The number of hydrogen-bond acceptors (Lipinski definition) is 3. The molecule has 0 aliphatic rings. The van der Waals surface area contributed by atoms with Gasteiger partial charge < -0.3 is 14.0 Å². The fraction of sp³-hybridized carbons (Fsp3) is 0.667. The molecule has 0 aromatic heterocycles. The average Bonchev–Trinajstić information content (AvgIpc) is 1.99. The van der Waals surface area contributed by atoms with E-state index < -0.39 is 7.32 Å². The van der Waals surface area contributed by atoms with Crippen molar-refractivity contribution in [1.82, 2.24) is 0 Å². The summed E-state index contributed by atoms with van der Waals surface area (Å²) >= 11 is 0. The Morgan fingerprint density at radius 3 is 2.30 bits per heavy atom. The highest BCUT2D eigenvalue weighted by atomic mass is 16.7. The topological polar surface area (TPSA) is 27.7 Å². The minimum Gasteiger partial charge on any atom is -0.518 e. The average molecular weight is 144 g/mol. The van der Waals surface area contributed by atoms with E-state index in [2.05, 4.69) is 0 Å². The van der Waals surface area contributed by atoms with Crippen molar-refractivity contribution in [1.29, 1.82) is 0 Å². The van der Waals surface area contributed by atoms with Gasteiger partial charge in [0, 0.05) is 14.2 Å². The van der Waals surface area contributed by atoms with E-state index in [1.165, 1.54) is 14.2 Å². The molecule has 0 aliphatic heterocycles. The van der Waals surface area contributed by atoms with E-state index in [1.807, 2.05) is 13.0 Å². The Labute approximate surface area is 62.1 Å². The summed E-state index contributed by atoms with van der Waals surface area (Å²) in [5.41, 5.74) is 0. The van der Waals surface area contributed by atoms with Crippen LogP contribution in [0.15, 0.2) is 12.3 Å². The van der Waals surface area contributed by atoms with Gasteiger partial charge in [-0.1, -0.05) is 13.0 Å². The van der Waals surface area contributed by atoms with Gasteiger partial charge in [-0.05, 0) is 6.42 Å². The normalized spacial score (nSPS) is 10.3. The van der Waals surface area contributed by atoms with Crippen LogP contribution in [0.5, 0.6) is 0 Å². The van der Waals surface area contributed by atoms with Crippen LogP contribution in [0.25, 0.3) is 0 Å². The van der Waals surface area contributed by atoms with Gasteiger partial charge in [0.1, 0.15) is 0 Å². The van der Waals surface area contributed by atoms with Gasteiger partial charge in [-0.25, -0.2) is 0 Å². The molecule has 0 unspecified atom stereocenters. The van der Waals surface area contributed by atoms with Gasteiger partial charge in [-0.3, -0.25) is 0 Å². The molecule has 0 heterocycles. The highest BCUT2D eigenvalue weighted by molar-refractivity contribution is 6.36. The Balaban J connectivity index is 3.34. The molecule has 0 amide bonds. The molecule has 0 spiro atoms. The lowest BCUT2D eigenvalue weighted by atomic mass is 10.2. The molecule has 0 fully saturated rings. The molecule has 0 aliphatic carbocycles. The second kappa shape index (κ2) is 6.64. The maximum atomic E-state index is 4.96. The minimum absolute atomic E-state index is 0.581. The van der Waals surface area contributed by atoms with Crippen LogP contribution in [-0.4, -0.2) is 21.5 Å². The second-order valence-corrected chi connectivity index (χ2v) is 1.68. The zero-order valence-corrected chi connectivity index (χ0v) is 6.66. The Kier molecular flexibility index (Phi) is 6.33. The van der Waals surface area contributed by atoms with Gasteiger partial charge in [0.25, 0.3) is 0 Å². The number of hydrogen-bond donors (Lipinski definition) is 0. The van der Waals surface area contributed by atoms with Crippen molar-refractivity contribution in [2.45, 2.75) is 13.3 Å². The minimum atomic E-state index is -0.581. The van der Waals surface area contributed by atoms with E-state index in [1.54, 1.807) is 6.26 Å². The quantitative estimate of drug-likeness (QED) is 0.428. The molecular weight excluding hydrogens is 131 g/mol. The molecule has 4 heteroatoms. The van der Waals surface area contributed by atoms with Crippen LogP contribution in [0, 0.1) is 0 Å². The lowest BCUT2D eigenvalue weighted by Crippen LogP contribution is -2.20. The molecule has 0 saturated carbocycles. The van der Waals surface area contributed by atoms with Crippen LogP contribution in [0.3, 0.4) is 0 Å². The summed E-state index contributed by atoms with van der Waals surface area (Å²) in [5.74, 6) is 0. The first-order valence-corrected chi connectivity index (χ1v) is 3.21. The van der Waals surface area contributed by atoms with E-state index in [4.69, 9.17) is 14.0 Å². The lowest BCUT2D eigenvalue weighted by Gasteiger charge is -2.04.